The molecule has 5 aliphatic rings. The van der Waals surface area contributed by atoms with Crippen LogP contribution in [0.15, 0.2) is 24.3 Å². The highest BCUT2D eigenvalue weighted by Crippen LogP contribution is 2.76. The van der Waals surface area contributed by atoms with Crippen LogP contribution in [-0.2, 0) is 24.4 Å². The van der Waals surface area contributed by atoms with Crippen LogP contribution in [0.3, 0.4) is 0 Å². The largest absolute Gasteiger partial charge is 0.462 e. The molecule has 1 aromatic carbocycles. The zero-order valence-electron chi connectivity index (χ0n) is 23.1. The number of carbonyl (C=O) groups excluding carboxylic acids is 1. The van der Waals surface area contributed by atoms with Crippen molar-refractivity contribution < 1.29 is 9.53 Å². The van der Waals surface area contributed by atoms with Crippen LogP contribution in [0.4, 0.5) is 5.82 Å². The van der Waals surface area contributed by atoms with Crippen molar-refractivity contribution in [3.8, 4) is 12.1 Å². The lowest BCUT2D eigenvalue weighted by Crippen LogP contribution is -2.56. The summed E-state index contributed by atoms with van der Waals surface area (Å²) in [5.41, 5.74) is 3.10. The topological polar surface area (TPSA) is 88.8 Å². The van der Waals surface area contributed by atoms with E-state index in [9.17, 15) is 10.1 Å². The molecule has 210 valence electrons. The Morgan fingerprint density at radius 1 is 1.18 bits per heavy atom. The number of nitriles is 1. The van der Waals surface area contributed by atoms with Crippen molar-refractivity contribution in [1.82, 2.24) is 24.7 Å². The fourth-order valence-corrected chi connectivity index (χ4v) is 7.07. The molecule has 2 aromatic rings. The summed E-state index contributed by atoms with van der Waals surface area (Å²) in [6.45, 7) is 5.69. The SMILES string of the molecule is CN1CCC[C@H]1COc1nc2c(c(N3CCN(C(=O)C45CC4C5)[C@@H](CC#N)C3)n1)CN(Cc1ccccc1Cl)C2. The van der Waals surface area contributed by atoms with Gasteiger partial charge in [0.25, 0.3) is 0 Å². The number of carbonyl (C=O) groups is 1. The van der Waals surface area contributed by atoms with Gasteiger partial charge < -0.3 is 19.4 Å². The van der Waals surface area contributed by atoms with Crippen LogP contribution in [-0.4, -0.2) is 82.5 Å². The van der Waals surface area contributed by atoms with Gasteiger partial charge in [-0.15, -0.1) is 0 Å². The van der Waals surface area contributed by atoms with Crippen molar-refractivity contribution in [1.29, 1.82) is 5.26 Å². The van der Waals surface area contributed by atoms with Crippen LogP contribution in [0.1, 0.15) is 48.9 Å². The Kier molecular flexibility index (Phi) is 6.61. The van der Waals surface area contributed by atoms with Crippen molar-refractivity contribution in [3.05, 3.63) is 46.1 Å². The summed E-state index contributed by atoms with van der Waals surface area (Å²) in [6.07, 6.45) is 4.69. The second kappa shape index (κ2) is 10.2. The number of fused-ring (bicyclic) bond motifs is 2. The summed E-state index contributed by atoms with van der Waals surface area (Å²) >= 11 is 6.49. The van der Waals surface area contributed by atoms with Crippen LogP contribution in [0.5, 0.6) is 6.01 Å². The molecule has 2 atom stereocenters. The number of rotatable bonds is 8. The molecule has 10 heteroatoms. The number of amides is 1. The molecule has 4 fully saturated rings. The van der Waals surface area contributed by atoms with Gasteiger partial charge in [-0.2, -0.15) is 15.2 Å². The third-order valence-corrected chi connectivity index (χ3v) is 10.1. The number of aromatic nitrogens is 2. The highest BCUT2D eigenvalue weighted by molar-refractivity contribution is 6.31. The van der Waals surface area contributed by atoms with E-state index in [0.29, 0.717) is 63.7 Å². The Hall–Kier alpha value is -2.93. The first-order chi connectivity index (χ1) is 19.4. The molecule has 4 heterocycles. The first-order valence-corrected chi connectivity index (χ1v) is 14.9. The predicted octanol–water partition coefficient (Wildman–Crippen LogP) is 3.46. The van der Waals surface area contributed by atoms with Gasteiger partial charge in [0.2, 0.25) is 5.91 Å². The van der Waals surface area contributed by atoms with Gasteiger partial charge in [-0.25, -0.2) is 0 Å². The molecular weight excluding hydrogens is 526 g/mol. The molecule has 9 nitrogen and oxygen atoms in total. The summed E-state index contributed by atoms with van der Waals surface area (Å²) in [7, 11) is 2.14. The van der Waals surface area contributed by atoms with Gasteiger partial charge in [-0.3, -0.25) is 9.69 Å². The first kappa shape index (κ1) is 26.0. The van der Waals surface area contributed by atoms with E-state index < -0.39 is 0 Å². The maximum absolute atomic E-state index is 13.3. The van der Waals surface area contributed by atoms with Crippen molar-refractivity contribution in [3.63, 3.8) is 0 Å². The molecule has 2 saturated heterocycles. The number of nitrogens with zero attached hydrogens (tertiary/aromatic N) is 7. The van der Waals surface area contributed by atoms with Gasteiger partial charge in [-0.05, 0) is 56.8 Å². The van der Waals surface area contributed by atoms with Gasteiger partial charge in [0.05, 0.1) is 29.6 Å². The van der Waals surface area contributed by atoms with Gasteiger partial charge in [0.1, 0.15) is 12.4 Å². The Balaban J connectivity index is 1.14. The van der Waals surface area contributed by atoms with E-state index in [-0.39, 0.29) is 17.4 Å². The number of anilines is 1. The van der Waals surface area contributed by atoms with Crippen molar-refractivity contribution in [2.75, 3.05) is 44.7 Å². The quantitative estimate of drug-likeness (QED) is 0.484. The number of likely N-dealkylation sites (tertiary alicyclic amines) is 1. The Bertz CT molecular complexity index is 1360. The molecule has 1 amide bonds. The van der Waals surface area contributed by atoms with Gasteiger partial charge in [0.15, 0.2) is 0 Å². The van der Waals surface area contributed by atoms with Crippen LogP contribution < -0.4 is 9.64 Å². The summed E-state index contributed by atoms with van der Waals surface area (Å²) < 4.78 is 6.23. The molecule has 3 aliphatic heterocycles. The van der Waals surface area contributed by atoms with E-state index in [4.69, 9.17) is 26.3 Å². The molecule has 0 radical (unpaired) electrons. The number of likely N-dealkylation sites (N-methyl/N-ethyl adjacent to an activating group) is 1. The highest BCUT2D eigenvalue weighted by Gasteiger charge is 2.75. The van der Waals surface area contributed by atoms with Crippen LogP contribution in [0.25, 0.3) is 0 Å². The summed E-state index contributed by atoms with van der Waals surface area (Å²) in [5.74, 6) is 1.74. The smallest absolute Gasteiger partial charge is 0.318 e. The minimum absolute atomic E-state index is 0.0837. The molecule has 0 bridgehead atoms. The molecule has 1 aromatic heterocycles. The molecule has 7 rings (SSSR count). The molecule has 2 saturated carbocycles. The van der Waals surface area contributed by atoms with E-state index in [1.54, 1.807) is 0 Å². The fourth-order valence-electron chi connectivity index (χ4n) is 6.88. The fraction of sp³-hybridized carbons (Fsp3) is 0.600. The van der Waals surface area contributed by atoms with E-state index >= 15 is 0 Å². The lowest BCUT2D eigenvalue weighted by atomic mass is 10.0. The number of ether oxygens (including phenoxy) is 1. The van der Waals surface area contributed by atoms with Crippen LogP contribution in [0, 0.1) is 22.7 Å². The number of benzene rings is 1. The Morgan fingerprint density at radius 3 is 2.73 bits per heavy atom. The summed E-state index contributed by atoms with van der Waals surface area (Å²) in [6, 6.07) is 11.0. The maximum atomic E-state index is 13.3. The van der Waals surface area contributed by atoms with Gasteiger partial charge in [-0.1, -0.05) is 29.8 Å². The normalized spacial score (nSPS) is 29.2. The number of piperazine rings is 1. The first-order valence-electron chi connectivity index (χ1n) is 14.6. The van der Waals surface area contributed by atoms with E-state index in [0.717, 1.165) is 60.0 Å². The lowest BCUT2D eigenvalue weighted by molar-refractivity contribution is -0.137. The van der Waals surface area contributed by atoms with E-state index in [1.165, 1.54) is 6.42 Å². The second-order valence-corrected chi connectivity index (χ2v) is 12.7. The third-order valence-electron chi connectivity index (χ3n) is 9.71. The lowest BCUT2D eigenvalue weighted by Gasteiger charge is -2.42. The van der Waals surface area contributed by atoms with Crippen molar-refractivity contribution >= 4 is 23.3 Å². The zero-order chi connectivity index (χ0) is 27.4. The minimum atomic E-state index is -0.134. The van der Waals surface area contributed by atoms with Crippen molar-refractivity contribution in [2.24, 2.45) is 11.3 Å². The monoisotopic (exact) mass is 561 g/mol. The summed E-state index contributed by atoms with van der Waals surface area (Å²) in [4.78, 5) is 32.1. The standard InChI is InChI=1S/C30H36ClN7O2/c1-35-10-4-6-23(35)19-40-29-33-26-18-36(15-20-5-2-3-7-25(20)31)17-24(26)27(34-29)37-11-12-38(22(16-37)8-9-32)28(39)30-13-21(30)14-30/h2-3,5,7,21-23H,4,6,8,10-19H2,1H3/t21?,22-,23-,30?/m0/s1. The number of halogens is 1. The average Bonchev–Trinajstić information content (AvgIpc) is 3.72. The minimum Gasteiger partial charge on any atom is -0.462 e. The predicted molar refractivity (Wildman–Crippen MR) is 151 cm³/mol. The zero-order valence-corrected chi connectivity index (χ0v) is 23.8. The highest BCUT2D eigenvalue weighted by atomic mass is 35.5. The molecule has 0 N–H and O–H groups in total. The molecule has 0 unspecified atom stereocenters. The van der Waals surface area contributed by atoms with Crippen molar-refractivity contribution in [2.45, 2.75) is 63.8 Å². The molecular formula is C30H36ClN7O2. The van der Waals surface area contributed by atoms with E-state index in [1.807, 2.05) is 23.1 Å². The Morgan fingerprint density at radius 2 is 2.00 bits per heavy atom. The number of hydrogen-bond acceptors (Lipinski definition) is 8. The molecule has 40 heavy (non-hydrogen) atoms. The molecule has 2 aliphatic carbocycles. The average molecular weight is 562 g/mol. The van der Waals surface area contributed by atoms with Gasteiger partial charge in [0, 0.05) is 55.9 Å². The Labute approximate surface area is 240 Å². The van der Waals surface area contributed by atoms with E-state index in [2.05, 4.69) is 33.9 Å². The third kappa shape index (κ3) is 4.70. The van der Waals surface area contributed by atoms with Gasteiger partial charge >= 0.3 is 6.01 Å². The van der Waals surface area contributed by atoms with Crippen LogP contribution in [0.2, 0.25) is 5.02 Å². The number of hydrogen-bond donors (Lipinski definition) is 0. The molecule has 0 spiro atoms. The maximum Gasteiger partial charge on any atom is 0.318 e. The second-order valence-electron chi connectivity index (χ2n) is 12.3. The van der Waals surface area contributed by atoms with Crippen LogP contribution >= 0.6 is 11.6 Å². The summed E-state index contributed by atoms with van der Waals surface area (Å²) in [5, 5.41) is 10.4.